The molecule has 0 radical (unpaired) electrons. The molecule has 11 aliphatic rings. The predicted molar refractivity (Wildman–Crippen MR) is 467 cm³/mol. The fourth-order valence-corrected chi connectivity index (χ4v) is 19.9. The van der Waals surface area contributed by atoms with Crippen molar-refractivity contribution in [2.45, 2.75) is 115 Å². The number of piperazine rings is 1. The molecule has 0 spiro atoms. The minimum Gasteiger partial charge on any atom is -0.492 e. The molecule has 6 saturated heterocycles. The average molecular weight is 1600 g/mol. The van der Waals surface area contributed by atoms with Crippen LogP contribution in [0.4, 0.5) is 23.3 Å². The fourth-order valence-electron chi connectivity index (χ4n) is 19.9. The van der Waals surface area contributed by atoms with E-state index in [1.54, 1.807) is 0 Å². The quantitative estimate of drug-likeness (QED) is 0.135. The van der Waals surface area contributed by atoms with Gasteiger partial charge in [-0.2, -0.15) is 20.4 Å². The van der Waals surface area contributed by atoms with Crippen LogP contribution in [0, 0.1) is 27.7 Å². The summed E-state index contributed by atoms with van der Waals surface area (Å²) in [5.74, 6) is 7.46. The van der Waals surface area contributed by atoms with Crippen LogP contribution in [0.5, 0.6) is 23.0 Å². The minimum atomic E-state index is 0.176. The van der Waals surface area contributed by atoms with Crippen LogP contribution in [-0.2, 0) is 0 Å². The minimum absolute atomic E-state index is 0.176. The molecule has 119 heavy (non-hydrogen) atoms. The highest BCUT2D eigenvalue weighted by atomic mass is 16.5. The molecular weight excluding hydrogens is 1490 g/mol. The van der Waals surface area contributed by atoms with Crippen molar-refractivity contribution in [3.63, 3.8) is 0 Å². The van der Waals surface area contributed by atoms with E-state index in [-0.39, 0.29) is 12.2 Å². The molecule has 19 heterocycles. The van der Waals surface area contributed by atoms with Crippen LogP contribution in [0.2, 0.25) is 0 Å². The Bertz CT molecular complexity index is 5680. The zero-order valence-corrected chi connectivity index (χ0v) is 69.6. The van der Waals surface area contributed by atoms with E-state index in [0.717, 1.165) is 238 Å². The number of fused-ring (bicyclic) bond motifs is 25. The van der Waals surface area contributed by atoms with Crippen molar-refractivity contribution in [1.82, 2.24) is 92.7 Å². The zero-order chi connectivity index (χ0) is 80.2. The van der Waals surface area contributed by atoms with Gasteiger partial charge in [-0.15, -0.1) is 0 Å². The van der Waals surface area contributed by atoms with Crippen molar-refractivity contribution in [2.24, 2.45) is 0 Å². The summed E-state index contributed by atoms with van der Waals surface area (Å²) in [4.78, 5) is 42.4. The first-order valence-electron chi connectivity index (χ1n) is 43.4. The Labute approximate surface area is 696 Å². The Kier molecular flexibility index (Phi) is 21.6. The lowest BCUT2D eigenvalue weighted by atomic mass is 10.0. The highest BCUT2D eigenvalue weighted by Crippen LogP contribution is 2.39. The third-order valence-corrected chi connectivity index (χ3v) is 26.7. The van der Waals surface area contributed by atoms with E-state index in [2.05, 4.69) is 208 Å². The molecule has 11 aliphatic heterocycles. The number of aromatic nitrogens is 12. The summed E-state index contributed by atoms with van der Waals surface area (Å²) in [5.41, 5.74) is 17.0. The van der Waals surface area contributed by atoms with E-state index >= 15 is 0 Å². The molecule has 0 aliphatic carbocycles. The van der Waals surface area contributed by atoms with Crippen molar-refractivity contribution in [3.05, 3.63) is 181 Å². The van der Waals surface area contributed by atoms with Crippen LogP contribution >= 0.6 is 0 Å². The average Bonchev–Trinajstić information content (AvgIpc) is 1.66. The Balaban J connectivity index is 0.000000102. The lowest BCUT2D eigenvalue weighted by Gasteiger charge is -2.44. The summed E-state index contributed by atoms with van der Waals surface area (Å²) in [5, 5.41) is 25.1. The van der Waals surface area contributed by atoms with E-state index in [4.69, 9.17) is 38.9 Å². The Morgan fingerprint density at radius 1 is 0.353 bits per heavy atom. The van der Waals surface area contributed by atoms with Gasteiger partial charge in [-0.05, 0) is 210 Å². The smallest absolute Gasteiger partial charge is 0.165 e. The summed E-state index contributed by atoms with van der Waals surface area (Å²) in [6.07, 6.45) is 29.4. The number of hydrogen-bond donors (Lipinski definition) is 2. The molecule has 4 aromatic carbocycles. The van der Waals surface area contributed by atoms with Crippen LogP contribution in [0.15, 0.2) is 159 Å². The maximum absolute atomic E-state index is 6.62. The summed E-state index contributed by atoms with van der Waals surface area (Å²) >= 11 is 0. The van der Waals surface area contributed by atoms with Crippen LogP contribution < -0.4 is 39.4 Å². The molecule has 27 nitrogen and oxygen atoms in total. The van der Waals surface area contributed by atoms with Crippen molar-refractivity contribution >= 4 is 45.9 Å². The maximum atomic E-state index is 6.62. The van der Waals surface area contributed by atoms with E-state index < -0.39 is 0 Å². The highest BCUT2D eigenvalue weighted by Gasteiger charge is 2.39. The number of rotatable bonds is 0. The van der Waals surface area contributed by atoms with Gasteiger partial charge in [-0.3, -0.25) is 34.3 Å². The largest absolute Gasteiger partial charge is 0.492 e. The number of anilines is 4. The molecule has 618 valence electrons. The maximum Gasteiger partial charge on any atom is 0.165 e. The Morgan fingerprint density at radius 3 is 1.28 bits per heavy atom. The van der Waals surface area contributed by atoms with Gasteiger partial charge in [0.2, 0.25) is 0 Å². The molecular formula is C92H111N23O4. The lowest BCUT2D eigenvalue weighted by molar-refractivity contribution is 0.0293. The number of nitrogens with zero attached hydrogens (tertiary/aromatic N) is 21. The van der Waals surface area contributed by atoms with Gasteiger partial charge in [0.15, 0.2) is 22.6 Å². The molecule has 23 rings (SSSR count). The van der Waals surface area contributed by atoms with E-state index in [1.807, 2.05) is 85.8 Å². The van der Waals surface area contributed by atoms with Crippen LogP contribution in [0.1, 0.15) is 67.2 Å². The van der Waals surface area contributed by atoms with E-state index in [1.165, 1.54) is 80.4 Å². The Hall–Kier alpha value is -10.8. The van der Waals surface area contributed by atoms with Crippen LogP contribution in [0.3, 0.4) is 0 Å². The van der Waals surface area contributed by atoms with Crippen molar-refractivity contribution in [1.29, 1.82) is 0 Å². The number of hydrogen-bond acceptors (Lipinski definition) is 23. The van der Waals surface area contributed by atoms with Gasteiger partial charge in [0.1, 0.15) is 71.7 Å². The Morgan fingerprint density at radius 2 is 0.765 bits per heavy atom. The zero-order valence-electron chi connectivity index (χ0n) is 69.6. The second-order valence-corrected chi connectivity index (χ2v) is 34.6. The van der Waals surface area contributed by atoms with Gasteiger partial charge in [-0.25, -0.2) is 38.0 Å². The van der Waals surface area contributed by atoms with Crippen molar-refractivity contribution in [3.8, 4) is 67.5 Å². The van der Waals surface area contributed by atoms with Gasteiger partial charge < -0.3 is 39.4 Å². The summed E-state index contributed by atoms with van der Waals surface area (Å²) in [6.45, 7) is 30.6. The van der Waals surface area contributed by atoms with Crippen molar-refractivity contribution < 1.29 is 18.9 Å². The van der Waals surface area contributed by atoms with Crippen LogP contribution in [0.25, 0.3) is 67.1 Å². The molecule has 2 N–H and O–H groups in total. The second kappa shape index (κ2) is 33.4. The first-order valence-corrected chi connectivity index (χ1v) is 43.4. The number of nitrogens with one attached hydrogen (secondary N) is 2. The van der Waals surface area contributed by atoms with Gasteiger partial charge in [-0.1, -0.05) is 36.4 Å². The third kappa shape index (κ3) is 16.3. The molecule has 6 fully saturated rings. The predicted octanol–water partition coefficient (Wildman–Crippen LogP) is 11.2. The molecule has 12 aromatic rings. The molecule has 0 amide bonds. The SMILES string of the molecule is Cc1ccc2cc1-c1cnn3ccc(nc13)N(C)CCN1C[C@@H](CN3CCC[C@H]3C1)O2.Cc1ccc2cc1-c1cnn3ccc(nc13)N(C)CCN1C[C@@H]3CCCN3C[C@H]1CO2.Cc1ccc2cc1-c1cnn3ccc(nc13)NCCN1CCC=C[C@H]1CO2.Cc1ccc2cc1-c1cnn3ccc(nc13)NCCN1C[C@@H](CN3CCC[C@H]3C1)O2. The number of benzene rings is 4. The molecule has 8 aromatic heterocycles. The summed E-state index contributed by atoms with van der Waals surface area (Å²) < 4.78 is 33.2. The van der Waals surface area contributed by atoms with Gasteiger partial charge in [0.25, 0.3) is 0 Å². The van der Waals surface area contributed by atoms with Gasteiger partial charge in [0, 0.05) is 191 Å². The topological polar surface area (TPSA) is 211 Å². The van der Waals surface area contributed by atoms with Gasteiger partial charge in [0.05, 0.1) is 36.9 Å². The first kappa shape index (κ1) is 76.9. The standard InChI is InChI=1S/2C24H30N6O.C23H28N6O.C21H23N5O/c1-17-5-6-20-12-21(17)22-13-25-30-9-7-23(26-24(22)30)27(2)10-11-29-14-18-4-3-8-28(18)15-19(29)16-31-20;1-17-5-6-19-12-21(17)22-13-25-30-9-7-23(26-24(22)30)27(2)10-11-28-14-18-4-3-8-29(18)16-20(15-28)31-19;1-16-4-5-18-11-20(16)21-12-25-29-9-6-22(26-23(21)29)24-7-10-27-13-17-3-2-8-28(17)15-19(14-27)30-18;1-15-5-6-17-12-18(15)19-13-23-26-10-7-20(24-21(19)26)22-8-11-25-9-3-2-4-16(25)14-27-17/h5-7,9,12-13,18-19H,3-4,8,10-11,14-16H2,1-2H3;5-7,9,12-13,18,20H,3-4,8,10-11,14-16H2,1-2H3;4-6,9,11-12,17,19H,2-3,7-8,10,13-15H2,1H3,(H,24,26);2,4-7,10,12-13,16H,3,8-9,11,14H2,1H3,(H,22,24)/t18-,19-;18-,20-;17-,19-;16-/m0000/s1. The van der Waals surface area contributed by atoms with Crippen molar-refractivity contribution in [2.75, 3.05) is 179 Å². The normalized spacial score (nSPS) is 24.5. The molecule has 20 bridgehead atoms. The van der Waals surface area contributed by atoms with Gasteiger partial charge >= 0.3 is 0 Å². The second-order valence-electron chi connectivity index (χ2n) is 34.6. The molecule has 27 heteroatoms. The van der Waals surface area contributed by atoms with Crippen LogP contribution in [-0.4, -0.2) is 293 Å². The third-order valence-electron chi connectivity index (χ3n) is 26.7. The molecule has 0 saturated carbocycles. The monoisotopic (exact) mass is 1600 g/mol. The number of likely N-dealkylation sites (N-methyl/N-ethyl adjacent to an activating group) is 2. The van der Waals surface area contributed by atoms with E-state index in [0.29, 0.717) is 36.8 Å². The summed E-state index contributed by atoms with van der Waals surface area (Å²) in [7, 11) is 4.28. The molecule has 9 atom stereocenters. The fraction of sp³-hybridized carbons (Fsp3) is 0.457. The number of aryl methyl sites for hydroxylation is 4. The molecule has 2 unspecified atom stereocenters. The lowest BCUT2D eigenvalue weighted by Crippen LogP contribution is -2.59. The highest BCUT2D eigenvalue weighted by molar-refractivity contribution is 5.84. The first-order chi connectivity index (χ1) is 58.3. The summed E-state index contributed by atoms with van der Waals surface area (Å²) in [6, 6.07) is 36.4. The number of ether oxygens (including phenoxy) is 4. The van der Waals surface area contributed by atoms with E-state index in [9.17, 15) is 0 Å².